The predicted molar refractivity (Wildman–Crippen MR) is 165 cm³/mol. The fourth-order valence-electron chi connectivity index (χ4n) is 3.66. The number of hydrogen-bond acceptors (Lipinski definition) is 5. The third kappa shape index (κ3) is 10.6. The van der Waals surface area contributed by atoms with Gasteiger partial charge in [-0.15, -0.1) is 0 Å². The molecular formula is C30H48BrN5O2. The fraction of sp³-hybridized carbons (Fsp3) is 0.533. The Labute approximate surface area is 238 Å². The van der Waals surface area contributed by atoms with Gasteiger partial charge in [0, 0.05) is 38.1 Å². The van der Waals surface area contributed by atoms with Crippen molar-refractivity contribution in [3.63, 3.8) is 0 Å². The van der Waals surface area contributed by atoms with E-state index in [1.807, 2.05) is 72.7 Å². The number of nitrogens with zero attached hydrogens (tertiary/aromatic N) is 5. The monoisotopic (exact) mass is 589 g/mol. The van der Waals surface area contributed by atoms with E-state index in [0.29, 0.717) is 5.92 Å². The van der Waals surface area contributed by atoms with E-state index in [0.717, 1.165) is 47.2 Å². The summed E-state index contributed by atoms with van der Waals surface area (Å²) >= 11 is 3.45. The van der Waals surface area contributed by atoms with Crippen molar-refractivity contribution in [2.75, 3.05) is 20.1 Å². The van der Waals surface area contributed by atoms with Crippen molar-refractivity contribution in [2.45, 2.75) is 87.2 Å². The highest BCUT2D eigenvalue weighted by molar-refractivity contribution is 9.10. The summed E-state index contributed by atoms with van der Waals surface area (Å²) in [5.41, 5.74) is 3.81. The lowest BCUT2D eigenvalue weighted by molar-refractivity contribution is 0.0205. The Balaban J connectivity index is 0.00000137. The van der Waals surface area contributed by atoms with Gasteiger partial charge in [0.1, 0.15) is 5.60 Å². The van der Waals surface area contributed by atoms with Crippen molar-refractivity contribution in [3.05, 3.63) is 52.9 Å². The summed E-state index contributed by atoms with van der Waals surface area (Å²) in [4.78, 5) is 22.2. The number of amides is 1. The summed E-state index contributed by atoms with van der Waals surface area (Å²) in [7, 11) is 1.75. The highest BCUT2D eigenvalue weighted by Gasteiger charge is 2.27. The fourth-order valence-corrected chi connectivity index (χ4v) is 4.04. The topological polar surface area (TPSA) is 72.1 Å². The number of aromatic nitrogens is 3. The van der Waals surface area contributed by atoms with Crippen LogP contribution in [-0.4, -0.2) is 57.5 Å². The van der Waals surface area contributed by atoms with Gasteiger partial charge in [-0.2, -0.15) is 5.10 Å². The second-order valence-electron chi connectivity index (χ2n) is 8.98. The Kier molecular flexibility index (Phi) is 16.4. The number of aliphatic imine (C=N–C) groups is 1. The maximum atomic E-state index is 12.2. The summed E-state index contributed by atoms with van der Waals surface area (Å²) < 4.78 is 8.15. The average molecular weight is 591 g/mol. The number of fused-ring (bicyclic) bond motifs is 1. The molecule has 1 aromatic carbocycles. The number of hydrogen-bond donors (Lipinski definition) is 0. The molecule has 0 atom stereocenters. The van der Waals surface area contributed by atoms with E-state index in [1.165, 1.54) is 5.56 Å². The minimum atomic E-state index is -0.451. The van der Waals surface area contributed by atoms with Crippen LogP contribution < -0.4 is 0 Å². The zero-order valence-electron chi connectivity index (χ0n) is 24.0. The molecule has 2 aromatic heterocycles. The molecule has 3 aromatic rings. The van der Waals surface area contributed by atoms with E-state index in [2.05, 4.69) is 55.3 Å². The van der Waals surface area contributed by atoms with Crippen molar-refractivity contribution in [1.82, 2.24) is 19.5 Å². The maximum Gasteiger partial charge on any atom is 0.410 e. The van der Waals surface area contributed by atoms with Crippen LogP contribution in [0.25, 0.3) is 16.8 Å². The molecule has 1 amide bonds. The molecule has 3 heterocycles. The average Bonchev–Trinajstić information content (AvgIpc) is 3.30. The lowest BCUT2D eigenvalue weighted by Gasteiger charge is -2.33. The quantitative estimate of drug-likeness (QED) is 0.280. The zero-order chi connectivity index (χ0) is 28.0. The van der Waals surface area contributed by atoms with Crippen LogP contribution in [0.4, 0.5) is 4.79 Å². The molecule has 1 aliphatic heterocycles. The van der Waals surface area contributed by atoms with Crippen molar-refractivity contribution >= 4 is 33.9 Å². The summed E-state index contributed by atoms with van der Waals surface area (Å²) in [5, 5.41) is 4.30. The van der Waals surface area contributed by atoms with Crippen molar-refractivity contribution in [2.24, 2.45) is 4.99 Å². The van der Waals surface area contributed by atoms with Crippen LogP contribution in [0.2, 0.25) is 0 Å². The largest absolute Gasteiger partial charge is 0.444 e. The number of benzene rings is 1. The lowest BCUT2D eigenvalue weighted by Crippen LogP contribution is -2.41. The van der Waals surface area contributed by atoms with E-state index < -0.39 is 5.60 Å². The van der Waals surface area contributed by atoms with E-state index in [4.69, 9.17) is 4.74 Å². The van der Waals surface area contributed by atoms with Gasteiger partial charge >= 0.3 is 6.09 Å². The van der Waals surface area contributed by atoms with E-state index in [-0.39, 0.29) is 13.5 Å². The van der Waals surface area contributed by atoms with Crippen molar-refractivity contribution < 1.29 is 9.53 Å². The van der Waals surface area contributed by atoms with Gasteiger partial charge in [0.25, 0.3) is 0 Å². The number of ether oxygens (including phenoxy) is 1. The molecule has 0 aliphatic carbocycles. The normalized spacial score (nSPS) is 13.3. The molecule has 1 aliphatic rings. The van der Waals surface area contributed by atoms with E-state index >= 15 is 0 Å². The van der Waals surface area contributed by atoms with Gasteiger partial charge in [-0.05, 0) is 79.7 Å². The number of likely N-dealkylation sites (tertiary alicyclic amines) is 1. The number of rotatable bonds is 2. The van der Waals surface area contributed by atoms with Gasteiger partial charge < -0.3 is 14.6 Å². The number of piperidine rings is 1. The smallest absolute Gasteiger partial charge is 0.410 e. The Morgan fingerprint density at radius 3 is 2.11 bits per heavy atom. The van der Waals surface area contributed by atoms with Gasteiger partial charge in [-0.1, -0.05) is 59.4 Å². The first-order valence-corrected chi connectivity index (χ1v) is 13.9. The molecule has 1 saturated heterocycles. The molecular weight excluding hydrogens is 542 g/mol. The van der Waals surface area contributed by atoms with Gasteiger partial charge in [-0.3, -0.25) is 0 Å². The number of carbonyl (C=O) groups excluding carboxylic acids is 1. The van der Waals surface area contributed by atoms with Crippen LogP contribution in [0.5, 0.6) is 0 Å². The molecule has 0 N–H and O–H groups in total. The first kappa shape index (κ1) is 35.3. The SMILES string of the molecule is C.CC.CC.CC(C)(C)OC(=O)N1CCC(c2ccc(-c3cnc4c(Br)cnn4c3)cc2)CC1.CC=NC. The molecule has 0 bridgehead atoms. The molecule has 0 spiro atoms. The Bertz CT molecular complexity index is 1090. The second-order valence-corrected chi connectivity index (χ2v) is 9.84. The Hall–Kier alpha value is -2.74. The molecule has 7 nitrogen and oxygen atoms in total. The van der Waals surface area contributed by atoms with Crippen LogP contribution in [0, 0.1) is 0 Å². The minimum absolute atomic E-state index is 0. The van der Waals surface area contributed by atoms with Crippen LogP contribution in [0.3, 0.4) is 0 Å². The van der Waals surface area contributed by atoms with E-state index in [9.17, 15) is 4.79 Å². The summed E-state index contributed by atoms with van der Waals surface area (Å²) in [5.74, 6) is 0.463. The minimum Gasteiger partial charge on any atom is -0.444 e. The Morgan fingerprint density at radius 2 is 1.61 bits per heavy atom. The Morgan fingerprint density at radius 1 is 1.05 bits per heavy atom. The molecule has 0 saturated carbocycles. The summed E-state index contributed by atoms with van der Waals surface area (Å²) in [6.07, 6.45) is 9.05. The predicted octanol–water partition coefficient (Wildman–Crippen LogP) is 8.67. The molecule has 8 heteroatoms. The highest BCUT2D eigenvalue weighted by atomic mass is 79.9. The number of halogens is 1. The summed E-state index contributed by atoms with van der Waals surface area (Å²) in [6.45, 7) is 17.1. The van der Waals surface area contributed by atoms with Crippen LogP contribution >= 0.6 is 15.9 Å². The van der Waals surface area contributed by atoms with Crippen LogP contribution in [0.1, 0.15) is 87.1 Å². The lowest BCUT2D eigenvalue weighted by atomic mass is 9.89. The highest BCUT2D eigenvalue weighted by Crippen LogP contribution is 2.30. The van der Waals surface area contributed by atoms with Gasteiger partial charge in [0.2, 0.25) is 0 Å². The molecule has 0 radical (unpaired) electrons. The van der Waals surface area contributed by atoms with Crippen molar-refractivity contribution in [1.29, 1.82) is 0 Å². The number of carbonyl (C=O) groups is 1. The second kappa shape index (κ2) is 17.7. The van der Waals surface area contributed by atoms with Crippen LogP contribution in [0.15, 0.2) is 52.3 Å². The first-order valence-electron chi connectivity index (χ1n) is 13.2. The molecule has 0 unspecified atom stereocenters. The van der Waals surface area contributed by atoms with Gasteiger partial charge in [0.15, 0.2) is 5.65 Å². The molecule has 4 rings (SSSR count). The third-order valence-corrected chi connectivity index (χ3v) is 5.99. The third-order valence-electron chi connectivity index (χ3n) is 5.43. The maximum absolute atomic E-state index is 12.2. The van der Waals surface area contributed by atoms with Gasteiger partial charge in [0.05, 0.1) is 10.7 Å². The van der Waals surface area contributed by atoms with Crippen molar-refractivity contribution in [3.8, 4) is 11.1 Å². The van der Waals surface area contributed by atoms with E-state index in [1.54, 1.807) is 24.0 Å². The summed E-state index contributed by atoms with van der Waals surface area (Å²) in [6, 6.07) is 8.65. The molecule has 1 fully saturated rings. The van der Waals surface area contributed by atoms with Crippen LogP contribution in [-0.2, 0) is 4.74 Å². The van der Waals surface area contributed by atoms with Gasteiger partial charge in [-0.25, -0.2) is 14.3 Å². The zero-order valence-corrected chi connectivity index (χ0v) is 25.5. The molecule has 212 valence electrons. The molecule has 38 heavy (non-hydrogen) atoms. The first-order chi connectivity index (χ1) is 17.7. The standard InChI is InChI=1S/C22H25BrN4O2.C3H7N.2C2H6.CH4/c1-22(2,3)29-21(28)26-10-8-17(9-11-26)15-4-6-16(7-5-15)18-12-24-20-19(23)13-25-27(20)14-18;1-3-4-2;2*1-2;/h4-7,12-14,17H,8-11H2,1-3H3;3H,1-2H3;2*1-2H3;1H4.